The Labute approximate surface area is 188 Å². The first-order valence-electron chi connectivity index (χ1n) is 9.51. The summed E-state index contributed by atoms with van der Waals surface area (Å²) in [6.45, 7) is 3.10. The van der Waals surface area contributed by atoms with Gasteiger partial charge in [0, 0.05) is 28.9 Å². The van der Waals surface area contributed by atoms with Gasteiger partial charge in [0.1, 0.15) is 5.54 Å². The van der Waals surface area contributed by atoms with Crippen LogP contribution in [0.5, 0.6) is 0 Å². The van der Waals surface area contributed by atoms with Gasteiger partial charge in [0.2, 0.25) is 15.0 Å². The van der Waals surface area contributed by atoms with Gasteiger partial charge in [-0.05, 0) is 36.2 Å². The summed E-state index contributed by atoms with van der Waals surface area (Å²) in [5.41, 5.74) is 2.32. The largest absolute Gasteiger partial charge is 0.376 e. The summed E-state index contributed by atoms with van der Waals surface area (Å²) >= 11 is 7.58. The third-order valence-corrected chi connectivity index (χ3v) is 8.00. The molecule has 1 saturated heterocycles. The molecule has 31 heavy (non-hydrogen) atoms. The molecule has 2 aliphatic heterocycles. The summed E-state index contributed by atoms with van der Waals surface area (Å²) in [7, 11) is -3.54. The molecule has 0 unspecified atom stereocenters. The average molecular weight is 476 g/mol. The Kier molecular flexibility index (Phi) is 4.71. The SMILES string of the molecule is Cc1cnc(S(C)(=O)=O)nc1-c1cc2c(s1)C1(COC1)N(Cc1cccc(Cl)c1)C2=O. The van der Waals surface area contributed by atoms with Crippen molar-refractivity contribution in [3.63, 3.8) is 0 Å². The van der Waals surface area contributed by atoms with Gasteiger partial charge in [-0.3, -0.25) is 4.79 Å². The second kappa shape index (κ2) is 7.09. The monoisotopic (exact) mass is 475 g/mol. The fourth-order valence-corrected chi connectivity index (χ4v) is 6.04. The summed E-state index contributed by atoms with van der Waals surface area (Å²) in [6.07, 6.45) is 2.58. The van der Waals surface area contributed by atoms with Gasteiger partial charge < -0.3 is 9.64 Å². The predicted octanol–water partition coefficient (Wildman–Crippen LogP) is 3.45. The number of sulfone groups is 1. The summed E-state index contributed by atoms with van der Waals surface area (Å²) in [5.74, 6) is -0.0733. The molecule has 160 valence electrons. The fourth-order valence-electron chi connectivity index (χ4n) is 3.95. The maximum Gasteiger partial charge on any atom is 0.256 e. The van der Waals surface area contributed by atoms with Crippen molar-refractivity contribution in [3.8, 4) is 10.6 Å². The Morgan fingerprint density at radius 2 is 2.06 bits per heavy atom. The van der Waals surface area contributed by atoms with Gasteiger partial charge in [-0.15, -0.1) is 11.3 Å². The van der Waals surface area contributed by atoms with Crippen molar-refractivity contribution >= 4 is 38.7 Å². The molecule has 0 atom stereocenters. The van der Waals surface area contributed by atoms with Crippen molar-refractivity contribution in [2.45, 2.75) is 24.2 Å². The molecule has 1 spiro atoms. The second-order valence-electron chi connectivity index (χ2n) is 7.86. The third-order valence-electron chi connectivity index (χ3n) is 5.57. The van der Waals surface area contributed by atoms with E-state index in [9.17, 15) is 13.2 Å². The number of thiophene rings is 1. The van der Waals surface area contributed by atoms with E-state index >= 15 is 0 Å². The Balaban J connectivity index is 1.56. The van der Waals surface area contributed by atoms with Crippen molar-refractivity contribution in [1.82, 2.24) is 14.9 Å². The highest BCUT2D eigenvalue weighted by Crippen LogP contribution is 2.50. The molecule has 0 N–H and O–H groups in total. The molecule has 0 bridgehead atoms. The summed E-state index contributed by atoms with van der Waals surface area (Å²) in [4.78, 5) is 25.1. The molecule has 1 fully saturated rings. The molecule has 5 rings (SSSR count). The van der Waals surface area contributed by atoms with Crippen LogP contribution in [0, 0.1) is 6.92 Å². The zero-order chi connectivity index (χ0) is 22.0. The van der Waals surface area contributed by atoms with Gasteiger partial charge in [0.15, 0.2) is 0 Å². The van der Waals surface area contributed by atoms with Gasteiger partial charge in [-0.1, -0.05) is 23.7 Å². The quantitative estimate of drug-likeness (QED) is 0.537. The van der Waals surface area contributed by atoms with Crippen LogP contribution in [0.1, 0.15) is 26.4 Å². The number of ether oxygens (including phenoxy) is 1. The lowest BCUT2D eigenvalue weighted by atomic mass is 9.94. The highest BCUT2D eigenvalue weighted by Gasteiger charge is 2.56. The van der Waals surface area contributed by atoms with Gasteiger partial charge >= 0.3 is 0 Å². The molecule has 2 aromatic heterocycles. The van der Waals surface area contributed by atoms with Gasteiger partial charge in [0.05, 0.1) is 29.3 Å². The van der Waals surface area contributed by atoms with Crippen molar-refractivity contribution in [2.75, 3.05) is 19.5 Å². The first-order chi connectivity index (χ1) is 14.7. The number of aryl methyl sites for hydroxylation is 1. The van der Waals surface area contributed by atoms with E-state index in [0.717, 1.165) is 27.1 Å². The van der Waals surface area contributed by atoms with E-state index in [4.69, 9.17) is 16.3 Å². The third kappa shape index (κ3) is 3.27. The first kappa shape index (κ1) is 20.6. The first-order valence-corrected chi connectivity index (χ1v) is 12.6. The van der Waals surface area contributed by atoms with Crippen molar-refractivity contribution in [1.29, 1.82) is 0 Å². The van der Waals surface area contributed by atoms with E-state index in [2.05, 4.69) is 9.97 Å². The van der Waals surface area contributed by atoms with Gasteiger partial charge in [0.25, 0.3) is 5.91 Å². The number of carbonyl (C=O) groups excluding carboxylic acids is 1. The number of halogens is 1. The lowest BCUT2D eigenvalue weighted by Gasteiger charge is -2.45. The minimum Gasteiger partial charge on any atom is -0.376 e. The molecule has 0 radical (unpaired) electrons. The van der Waals surface area contributed by atoms with Crippen LogP contribution in [0.15, 0.2) is 41.7 Å². The van der Waals surface area contributed by atoms with Crippen LogP contribution in [0.2, 0.25) is 5.02 Å². The van der Waals surface area contributed by atoms with Crippen LogP contribution in [-0.2, 0) is 26.7 Å². The number of amides is 1. The molecule has 0 aliphatic carbocycles. The molecule has 3 aromatic rings. The minimum absolute atomic E-state index is 0.0733. The van der Waals surface area contributed by atoms with E-state index in [1.165, 1.54) is 17.5 Å². The number of hydrogen-bond donors (Lipinski definition) is 0. The standard InChI is InChI=1S/C21H18ClN3O4S2/c1-12-8-23-20(31(2,27)28)24-17(12)16-7-15-18(30-16)21(10-29-11-21)25(19(15)26)9-13-4-3-5-14(22)6-13/h3-8H,9-11H2,1-2H3. The van der Waals surface area contributed by atoms with E-state index < -0.39 is 15.4 Å². The number of nitrogens with zero attached hydrogens (tertiary/aromatic N) is 3. The molecule has 7 nitrogen and oxygen atoms in total. The van der Waals surface area contributed by atoms with Crippen LogP contribution in [0.4, 0.5) is 0 Å². The lowest BCUT2D eigenvalue weighted by Crippen LogP contribution is -2.56. The molecule has 4 heterocycles. The highest BCUT2D eigenvalue weighted by atomic mass is 35.5. The van der Waals surface area contributed by atoms with Crippen molar-refractivity contribution < 1.29 is 17.9 Å². The fraction of sp³-hybridized carbons (Fsp3) is 0.286. The van der Waals surface area contributed by atoms with E-state index in [-0.39, 0.29) is 11.1 Å². The maximum atomic E-state index is 13.4. The Hall–Kier alpha value is -2.33. The smallest absolute Gasteiger partial charge is 0.256 e. The average Bonchev–Trinajstić information content (AvgIpc) is 3.19. The van der Waals surface area contributed by atoms with Crippen LogP contribution in [0.25, 0.3) is 10.6 Å². The summed E-state index contributed by atoms with van der Waals surface area (Å²) in [5, 5.41) is 0.401. The maximum absolute atomic E-state index is 13.4. The molecule has 1 aromatic carbocycles. The lowest BCUT2D eigenvalue weighted by molar-refractivity contribution is -0.126. The Bertz CT molecular complexity index is 1330. The number of fused-ring (bicyclic) bond motifs is 2. The molecule has 1 amide bonds. The molecular weight excluding hydrogens is 458 g/mol. The number of carbonyl (C=O) groups is 1. The van der Waals surface area contributed by atoms with E-state index in [0.29, 0.717) is 36.0 Å². The number of rotatable bonds is 4. The van der Waals surface area contributed by atoms with Gasteiger partial charge in [-0.2, -0.15) is 0 Å². The number of benzene rings is 1. The van der Waals surface area contributed by atoms with Gasteiger partial charge in [-0.25, -0.2) is 18.4 Å². The normalized spacial score (nSPS) is 17.1. The van der Waals surface area contributed by atoms with Crippen LogP contribution in [0.3, 0.4) is 0 Å². The van der Waals surface area contributed by atoms with Crippen molar-refractivity contribution in [3.05, 3.63) is 63.1 Å². The number of hydrogen-bond acceptors (Lipinski definition) is 7. The topological polar surface area (TPSA) is 89.5 Å². The van der Waals surface area contributed by atoms with Crippen LogP contribution < -0.4 is 0 Å². The second-order valence-corrected chi connectivity index (χ2v) is 11.3. The summed E-state index contributed by atoms with van der Waals surface area (Å²) in [6, 6.07) is 9.28. The minimum atomic E-state index is -3.54. The van der Waals surface area contributed by atoms with Crippen LogP contribution in [-0.4, -0.2) is 48.7 Å². The summed E-state index contributed by atoms with van der Waals surface area (Å²) < 4.78 is 29.4. The van der Waals surface area contributed by atoms with Crippen LogP contribution >= 0.6 is 22.9 Å². The number of aromatic nitrogens is 2. The highest BCUT2D eigenvalue weighted by molar-refractivity contribution is 7.90. The van der Waals surface area contributed by atoms with E-state index in [1.807, 2.05) is 36.1 Å². The molecular formula is C21H18ClN3O4S2. The zero-order valence-corrected chi connectivity index (χ0v) is 19.1. The molecule has 0 saturated carbocycles. The van der Waals surface area contributed by atoms with E-state index in [1.54, 1.807) is 6.07 Å². The molecule has 2 aliphatic rings. The molecule has 10 heteroatoms. The van der Waals surface area contributed by atoms with Crippen molar-refractivity contribution in [2.24, 2.45) is 0 Å². The predicted molar refractivity (Wildman–Crippen MR) is 117 cm³/mol. The zero-order valence-electron chi connectivity index (χ0n) is 16.8. The Morgan fingerprint density at radius 3 is 2.71 bits per heavy atom. The Morgan fingerprint density at radius 1 is 1.29 bits per heavy atom.